The maximum Gasteiger partial charge on any atom is 0.135 e. The zero-order valence-corrected chi connectivity index (χ0v) is 12.9. The minimum atomic E-state index is 0.224. The molecule has 21 heavy (non-hydrogen) atoms. The van der Waals surface area contributed by atoms with Crippen LogP contribution < -0.4 is 5.73 Å². The molecule has 3 N–H and O–H groups in total. The first kappa shape index (κ1) is 13.9. The number of amidine groups is 1. The van der Waals surface area contributed by atoms with E-state index in [1.54, 1.807) is 22.7 Å². The molecule has 2 aromatic heterocycles. The molecule has 0 bridgehead atoms. The fraction of sp³-hybridized carbons (Fsp3) is 0.133. The smallest absolute Gasteiger partial charge is 0.135 e. The van der Waals surface area contributed by atoms with Crippen LogP contribution in [-0.4, -0.2) is 15.8 Å². The van der Waals surface area contributed by atoms with Crippen molar-refractivity contribution in [2.75, 3.05) is 0 Å². The summed E-state index contributed by atoms with van der Waals surface area (Å²) in [4.78, 5) is 9.87. The van der Waals surface area contributed by atoms with Crippen molar-refractivity contribution < 1.29 is 0 Å². The Morgan fingerprint density at radius 1 is 1.29 bits per heavy atom. The van der Waals surface area contributed by atoms with Gasteiger partial charge < -0.3 is 5.73 Å². The normalized spacial score (nSPS) is 10.7. The average Bonchev–Trinajstić information content (AvgIpc) is 3.16. The van der Waals surface area contributed by atoms with Crippen LogP contribution in [0.25, 0.3) is 21.1 Å². The van der Waals surface area contributed by atoms with E-state index in [0.717, 1.165) is 27.6 Å². The number of benzene rings is 1. The van der Waals surface area contributed by atoms with E-state index in [9.17, 15) is 0 Å². The van der Waals surface area contributed by atoms with Crippen LogP contribution in [0.15, 0.2) is 41.4 Å². The summed E-state index contributed by atoms with van der Waals surface area (Å²) in [5.74, 6) is 0.224. The molecule has 1 aromatic carbocycles. The summed E-state index contributed by atoms with van der Waals surface area (Å²) in [6.45, 7) is 0. The van der Waals surface area contributed by atoms with Crippen molar-refractivity contribution in [3.05, 3.63) is 46.9 Å². The van der Waals surface area contributed by atoms with Gasteiger partial charge in [-0.05, 0) is 18.1 Å². The van der Waals surface area contributed by atoms with Gasteiger partial charge in [0.05, 0.1) is 21.9 Å². The summed E-state index contributed by atoms with van der Waals surface area (Å²) in [7, 11) is 0. The van der Waals surface area contributed by atoms with Crippen LogP contribution in [-0.2, 0) is 6.42 Å². The lowest BCUT2D eigenvalue weighted by molar-refractivity contribution is 1.02. The van der Waals surface area contributed by atoms with Crippen LogP contribution in [0.5, 0.6) is 0 Å². The largest absolute Gasteiger partial charge is 0.388 e. The van der Waals surface area contributed by atoms with Crippen molar-refractivity contribution in [3.63, 3.8) is 0 Å². The Morgan fingerprint density at radius 3 is 2.95 bits per heavy atom. The van der Waals surface area contributed by atoms with Crippen molar-refractivity contribution in [2.45, 2.75) is 12.8 Å². The van der Waals surface area contributed by atoms with Crippen LogP contribution in [0.1, 0.15) is 12.0 Å². The standard InChI is InChI=1S/C15H14N4S2/c16-14(17)5-4-10-2-1-3-11(6-10)12-8-20-15(19-12)13-7-18-9-21-13/h1-3,6-9H,4-5H2,(H3,16,17). The van der Waals surface area contributed by atoms with Gasteiger partial charge in [0.15, 0.2) is 0 Å². The van der Waals surface area contributed by atoms with Gasteiger partial charge in [0.1, 0.15) is 5.01 Å². The van der Waals surface area contributed by atoms with Gasteiger partial charge in [-0.15, -0.1) is 22.7 Å². The summed E-state index contributed by atoms with van der Waals surface area (Å²) < 4.78 is 0. The fourth-order valence-electron chi connectivity index (χ4n) is 2.01. The predicted molar refractivity (Wildman–Crippen MR) is 88.9 cm³/mol. The molecule has 106 valence electrons. The Kier molecular flexibility index (Phi) is 4.08. The minimum absolute atomic E-state index is 0.224. The third-order valence-electron chi connectivity index (χ3n) is 3.05. The molecule has 3 rings (SSSR count). The summed E-state index contributed by atoms with van der Waals surface area (Å²) in [5.41, 5.74) is 10.5. The zero-order valence-electron chi connectivity index (χ0n) is 11.2. The van der Waals surface area contributed by atoms with Crippen molar-refractivity contribution >= 4 is 28.5 Å². The molecule has 0 unspecified atom stereocenters. The van der Waals surface area contributed by atoms with Gasteiger partial charge >= 0.3 is 0 Å². The third kappa shape index (κ3) is 3.34. The van der Waals surface area contributed by atoms with Crippen LogP contribution in [0.4, 0.5) is 0 Å². The summed E-state index contributed by atoms with van der Waals surface area (Å²) in [5, 5.41) is 10.4. The highest BCUT2D eigenvalue weighted by atomic mass is 32.1. The van der Waals surface area contributed by atoms with Gasteiger partial charge in [0.25, 0.3) is 0 Å². The lowest BCUT2D eigenvalue weighted by Gasteiger charge is -2.03. The highest BCUT2D eigenvalue weighted by molar-refractivity contribution is 7.20. The molecule has 0 atom stereocenters. The predicted octanol–water partition coefficient (Wildman–Crippen LogP) is 3.80. The molecule has 0 saturated heterocycles. The number of nitrogens with one attached hydrogen (secondary N) is 1. The molecule has 3 aromatic rings. The second kappa shape index (κ2) is 6.15. The van der Waals surface area contributed by atoms with Gasteiger partial charge in [-0.2, -0.15) is 0 Å². The molecular formula is C15H14N4S2. The third-order valence-corrected chi connectivity index (χ3v) is 4.84. The van der Waals surface area contributed by atoms with Crippen LogP contribution in [0, 0.1) is 5.41 Å². The number of hydrogen-bond acceptors (Lipinski definition) is 5. The Morgan fingerprint density at radius 2 is 2.19 bits per heavy atom. The van der Waals surface area contributed by atoms with Gasteiger partial charge in [0, 0.05) is 23.6 Å². The molecule has 0 aliphatic carbocycles. The second-order valence-electron chi connectivity index (χ2n) is 4.63. The number of aromatic nitrogens is 2. The Balaban J connectivity index is 1.83. The lowest BCUT2D eigenvalue weighted by atomic mass is 10.0. The zero-order chi connectivity index (χ0) is 14.7. The SMILES string of the molecule is N=C(N)CCc1cccc(-c2csc(-c3cncs3)n2)c1. The number of nitrogens with two attached hydrogens (primary N) is 1. The molecular weight excluding hydrogens is 300 g/mol. The van der Waals surface area contributed by atoms with E-state index in [0.29, 0.717) is 6.42 Å². The minimum Gasteiger partial charge on any atom is -0.388 e. The van der Waals surface area contributed by atoms with E-state index in [-0.39, 0.29) is 5.84 Å². The maximum atomic E-state index is 7.31. The first-order chi connectivity index (χ1) is 10.2. The van der Waals surface area contributed by atoms with E-state index in [2.05, 4.69) is 33.5 Å². The van der Waals surface area contributed by atoms with Gasteiger partial charge in [-0.25, -0.2) is 4.98 Å². The Labute approximate surface area is 130 Å². The first-order valence-electron chi connectivity index (χ1n) is 6.49. The topological polar surface area (TPSA) is 75.7 Å². The van der Waals surface area contributed by atoms with Crippen molar-refractivity contribution in [1.29, 1.82) is 5.41 Å². The number of thiazole rings is 2. The number of hydrogen-bond donors (Lipinski definition) is 2. The molecule has 0 radical (unpaired) electrons. The summed E-state index contributed by atoms with van der Waals surface area (Å²) in [6.07, 6.45) is 3.22. The quantitative estimate of drug-likeness (QED) is 0.555. The Hall–Kier alpha value is -2.05. The molecule has 0 amide bonds. The molecule has 0 fully saturated rings. The van der Waals surface area contributed by atoms with Crippen molar-refractivity contribution in [3.8, 4) is 21.1 Å². The van der Waals surface area contributed by atoms with E-state index >= 15 is 0 Å². The fourth-order valence-corrected chi connectivity index (χ4v) is 3.53. The van der Waals surface area contributed by atoms with Gasteiger partial charge in [-0.1, -0.05) is 18.2 Å². The average molecular weight is 314 g/mol. The number of rotatable bonds is 5. The van der Waals surface area contributed by atoms with E-state index < -0.39 is 0 Å². The molecule has 4 nitrogen and oxygen atoms in total. The van der Waals surface area contributed by atoms with Crippen LogP contribution in [0.3, 0.4) is 0 Å². The van der Waals surface area contributed by atoms with E-state index in [4.69, 9.17) is 11.1 Å². The lowest BCUT2D eigenvalue weighted by Crippen LogP contribution is -2.10. The highest BCUT2D eigenvalue weighted by Crippen LogP contribution is 2.31. The van der Waals surface area contributed by atoms with Crippen molar-refractivity contribution in [2.24, 2.45) is 5.73 Å². The second-order valence-corrected chi connectivity index (χ2v) is 6.37. The number of aryl methyl sites for hydroxylation is 1. The molecule has 6 heteroatoms. The summed E-state index contributed by atoms with van der Waals surface area (Å²) >= 11 is 3.23. The van der Waals surface area contributed by atoms with Crippen LogP contribution >= 0.6 is 22.7 Å². The van der Waals surface area contributed by atoms with E-state index in [1.165, 1.54) is 5.56 Å². The maximum absolute atomic E-state index is 7.31. The van der Waals surface area contributed by atoms with Crippen molar-refractivity contribution in [1.82, 2.24) is 9.97 Å². The Bertz CT molecular complexity index is 747. The molecule has 2 heterocycles. The van der Waals surface area contributed by atoms with Crippen LogP contribution in [0.2, 0.25) is 0 Å². The van der Waals surface area contributed by atoms with Gasteiger partial charge in [0.2, 0.25) is 0 Å². The summed E-state index contributed by atoms with van der Waals surface area (Å²) in [6, 6.07) is 8.26. The highest BCUT2D eigenvalue weighted by Gasteiger charge is 2.08. The molecule has 0 saturated carbocycles. The molecule has 0 spiro atoms. The first-order valence-corrected chi connectivity index (χ1v) is 8.25. The number of nitrogens with zero attached hydrogens (tertiary/aromatic N) is 2. The molecule has 0 aliphatic rings. The monoisotopic (exact) mass is 314 g/mol. The molecule has 0 aliphatic heterocycles. The van der Waals surface area contributed by atoms with Gasteiger partial charge in [-0.3, -0.25) is 10.4 Å². The van der Waals surface area contributed by atoms with E-state index in [1.807, 2.05) is 17.8 Å².